The Labute approximate surface area is 208 Å². The zero-order valence-corrected chi connectivity index (χ0v) is 20.6. The molecule has 0 radical (unpaired) electrons. The molecule has 2 fully saturated rings. The van der Waals surface area contributed by atoms with Crippen LogP contribution >= 0.6 is 0 Å². The number of piperidine rings is 1. The molecule has 1 aromatic heterocycles. The van der Waals surface area contributed by atoms with E-state index in [2.05, 4.69) is 86.4 Å². The van der Waals surface area contributed by atoms with Crippen LogP contribution in [-0.2, 0) is 11.2 Å². The van der Waals surface area contributed by atoms with E-state index in [4.69, 9.17) is 0 Å². The van der Waals surface area contributed by atoms with Crippen LogP contribution < -0.4 is 4.90 Å². The fourth-order valence-electron chi connectivity index (χ4n) is 5.24. The number of anilines is 1. The summed E-state index contributed by atoms with van der Waals surface area (Å²) >= 11 is 0. The topological polar surface area (TPSA) is 52.6 Å². The van der Waals surface area contributed by atoms with Crippen molar-refractivity contribution in [3.05, 3.63) is 77.9 Å². The van der Waals surface area contributed by atoms with Crippen molar-refractivity contribution in [2.24, 2.45) is 5.92 Å². The van der Waals surface area contributed by atoms with Gasteiger partial charge in [-0.2, -0.15) is 0 Å². The average Bonchev–Trinajstić information content (AvgIpc) is 2.93. The Balaban J connectivity index is 1.08. The number of nitrogens with zero attached hydrogens (tertiary/aromatic N) is 5. The fourth-order valence-corrected chi connectivity index (χ4v) is 5.24. The SMILES string of the molecule is Cc1ccccc1-c1ccc(N2CCC(C(=O)N3CCN(CCc4ccccc4)CC3)CC2)nn1. The quantitative estimate of drug-likeness (QED) is 0.545. The average molecular weight is 470 g/mol. The molecule has 0 unspecified atom stereocenters. The van der Waals surface area contributed by atoms with Crippen LogP contribution in [0.2, 0.25) is 0 Å². The molecular formula is C29H35N5O. The molecule has 3 aromatic rings. The first kappa shape index (κ1) is 23.5. The van der Waals surface area contributed by atoms with Crippen molar-refractivity contribution in [3.63, 3.8) is 0 Å². The lowest BCUT2D eigenvalue weighted by Gasteiger charge is -2.38. The Morgan fingerprint density at radius 3 is 2.23 bits per heavy atom. The van der Waals surface area contributed by atoms with Gasteiger partial charge < -0.3 is 9.80 Å². The van der Waals surface area contributed by atoms with E-state index in [0.29, 0.717) is 5.91 Å². The van der Waals surface area contributed by atoms with Gasteiger partial charge >= 0.3 is 0 Å². The summed E-state index contributed by atoms with van der Waals surface area (Å²) < 4.78 is 0. The lowest BCUT2D eigenvalue weighted by Crippen LogP contribution is -2.52. The van der Waals surface area contributed by atoms with Crippen LogP contribution in [0.4, 0.5) is 5.82 Å². The van der Waals surface area contributed by atoms with Gasteiger partial charge in [-0.25, -0.2) is 0 Å². The molecule has 0 spiro atoms. The number of amides is 1. The first-order valence-electron chi connectivity index (χ1n) is 12.9. The van der Waals surface area contributed by atoms with E-state index >= 15 is 0 Å². The van der Waals surface area contributed by atoms with Gasteiger partial charge in [-0.15, -0.1) is 10.2 Å². The Hall–Kier alpha value is -3.25. The van der Waals surface area contributed by atoms with E-state index in [1.807, 2.05) is 12.1 Å². The van der Waals surface area contributed by atoms with E-state index < -0.39 is 0 Å². The van der Waals surface area contributed by atoms with Crippen LogP contribution in [0.15, 0.2) is 66.7 Å². The summed E-state index contributed by atoms with van der Waals surface area (Å²) in [5, 5.41) is 8.98. The minimum Gasteiger partial charge on any atom is -0.355 e. The smallest absolute Gasteiger partial charge is 0.225 e. The highest BCUT2D eigenvalue weighted by atomic mass is 16.2. The maximum absolute atomic E-state index is 13.2. The molecule has 35 heavy (non-hydrogen) atoms. The van der Waals surface area contributed by atoms with Gasteiger partial charge in [0, 0.05) is 57.3 Å². The highest BCUT2D eigenvalue weighted by Crippen LogP contribution is 2.26. The van der Waals surface area contributed by atoms with Gasteiger partial charge in [0.2, 0.25) is 5.91 Å². The Morgan fingerprint density at radius 2 is 1.54 bits per heavy atom. The van der Waals surface area contributed by atoms with Gasteiger partial charge in [0.05, 0.1) is 5.69 Å². The van der Waals surface area contributed by atoms with Gasteiger partial charge in [0.1, 0.15) is 0 Å². The van der Waals surface area contributed by atoms with Crippen molar-refractivity contribution in [2.45, 2.75) is 26.2 Å². The lowest BCUT2D eigenvalue weighted by molar-refractivity contribution is -0.138. The van der Waals surface area contributed by atoms with E-state index in [-0.39, 0.29) is 5.92 Å². The number of benzene rings is 2. The molecule has 6 nitrogen and oxygen atoms in total. The molecule has 6 heteroatoms. The summed E-state index contributed by atoms with van der Waals surface area (Å²) in [6.07, 6.45) is 2.84. The maximum Gasteiger partial charge on any atom is 0.225 e. The Morgan fingerprint density at radius 1 is 0.829 bits per heavy atom. The van der Waals surface area contributed by atoms with E-state index in [1.165, 1.54) is 11.1 Å². The lowest BCUT2D eigenvalue weighted by atomic mass is 9.95. The van der Waals surface area contributed by atoms with Gasteiger partial charge in [-0.05, 0) is 49.4 Å². The largest absolute Gasteiger partial charge is 0.355 e. The first-order valence-corrected chi connectivity index (χ1v) is 12.9. The van der Waals surface area contributed by atoms with Crippen LogP contribution in [0.1, 0.15) is 24.0 Å². The third-order valence-corrected chi connectivity index (χ3v) is 7.48. The molecule has 2 saturated heterocycles. The number of aromatic nitrogens is 2. The molecule has 2 aliphatic rings. The zero-order chi connectivity index (χ0) is 24.0. The second-order valence-corrected chi connectivity index (χ2v) is 9.76. The number of hydrogen-bond acceptors (Lipinski definition) is 5. The Bertz CT molecular complexity index is 1100. The van der Waals surface area contributed by atoms with Crippen LogP contribution in [0.25, 0.3) is 11.3 Å². The summed E-state index contributed by atoms with van der Waals surface area (Å²) in [5.74, 6) is 1.37. The summed E-state index contributed by atoms with van der Waals surface area (Å²) in [5.41, 5.74) is 4.61. The number of carbonyl (C=O) groups excluding carboxylic acids is 1. The molecule has 0 aliphatic carbocycles. The van der Waals surface area contributed by atoms with Gasteiger partial charge in [0.15, 0.2) is 5.82 Å². The summed E-state index contributed by atoms with van der Waals surface area (Å²) in [6, 6.07) is 23.0. The van der Waals surface area contributed by atoms with Crippen molar-refractivity contribution < 1.29 is 4.79 Å². The van der Waals surface area contributed by atoms with Crippen LogP contribution in [0, 0.1) is 12.8 Å². The van der Waals surface area contributed by atoms with Gasteiger partial charge in [-0.1, -0.05) is 54.6 Å². The maximum atomic E-state index is 13.2. The number of piperazine rings is 1. The summed E-state index contributed by atoms with van der Waals surface area (Å²) in [7, 11) is 0. The highest BCUT2D eigenvalue weighted by Gasteiger charge is 2.30. The minimum atomic E-state index is 0.126. The van der Waals surface area contributed by atoms with E-state index in [9.17, 15) is 4.79 Å². The predicted octanol–water partition coefficient (Wildman–Crippen LogP) is 4.06. The number of hydrogen-bond donors (Lipinski definition) is 0. The molecule has 1 amide bonds. The fraction of sp³-hybridized carbons (Fsp3) is 0.414. The minimum absolute atomic E-state index is 0.126. The second kappa shape index (κ2) is 11.0. The van der Waals surface area contributed by atoms with Gasteiger partial charge in [0.25, 0.3) is 0 Å². The normalized spacial score (nSPS) is 17.5. The molecular weight excluding hydrogens is 434 g/mol. The third kappa shape index (κ3) is 5.70. The standard InChI is InChI=1S/C29H35N5O/c1-23-7-5-6-10-26(23)27-11-12-28(31-30-27)33-17-14-25(15-18-33)29(35)34-21-19-32(20-22-34)16-13-24-8-3-2-4-9-24/h2-12,25H,13-22H2,1H3. The van der Waals surface area contributed by atoms with E-state index in [0.717, 1.165) is 82.2 Å². The molecule has 3 heterocycles. The van der Waals surface area contributed by atoms with Crippen LogP contribution in [0.3, 0.4) is 0 Å². The van der Waals surface area contributed by atoms with Crippen molar-refractivity contribution in [3.8, 4) is 11.3 Å². The molecule has 182 valence electrons. The molecule has 0 saturated carbocycles. The second-order valence-electron chi connectivity index (χ2n) is 9.76. The molecule has 2 aromatic carbocycles. The number of aryl methyl sites for hydroxylation is 1. The molecule has 5 rings (SSSR count). The van der Waals surface area contributed by atoms with Crippen LogP contribution in [0.5, 0.6) is 0 Å². The molecule has 0 N–H and O–H groups in total. The van der Waals surface area contributed by atoms with Crippen molar-refractivity contribution in [1.29, 1.82) is 0 Å². The van der Waals surface area contributed by atoms with Crippen LogP contribution in [-0.4, -0.2) is 71.7 Å². The summed E-state index contributed by atoms with van der Waals surface area (Å²) in [4.78, 5) is 20.0. The third-order valence-electron chi connectivity index (χ3n) is 7.48. The molecule has 0 bridgehead atoms. The summed E-state index contributed by atoms with van der Waals surface area (Å²) in [6.45, 7) is 8.50. The van der Waals surface area contributed by atoms with E-state index in [1.54, 1.807) is 0 Å². The number of carbonyl (C=O) groups is 1. The molecule has 0 atom stereocenters. The number of rotatable bonds is 6. The van der Waals surface area contributed by atoms with Crippen molar-refractivity contribution >= 4 is 11.7 Å². The predicted molar refractivity (Wildman–Crippen MR) is 140 cm³/mol. The highest BCUT2D eigenvalue weighted by molar-refractivity contribution is 5.79. The van der Waals surface area contributed by atoms with Crippen molar-refractivity contribution in [1.82, 2.24) is 20.0 Å². The molecule has 2 aliphatic heterocycles. The first-order chi connectivity index (χ1) is 17.2. The zero-order valence-electron chi connectivity index (χ0n) is 20.6. The van der Waals surface area contributed by atoms with Gasteiger partial charge in [-0.3, -0.25) is 9.69 Å². The Kier molecular flexibility index (Phi) is 7.38. The monoisotopic (exact) mass is 469 g/mol. The van der Waals surface area contributed by atoms with Crippen molar-refractivity contribution in [2.75, 3.05) is 50.7 Å².